The number of nitrogens with zero attached hydrogens (tertiary/aromatic N) is 1. The first-order valence-electron chi connectivity index (χ1n) is 25.5. The number of ether oxygens (including phenoxy) is 6. The van der Waals surface area contributed by atoms with Gasteiger partial charge in [0.15, 0.2) is 0 Å². The van der Waals surface area contributed by atoms with Gasteiger partial charge in [0.1, 0.15) is 23.0 Å². The highest BCUT2D eigenvalue weighted by molar-refractivity contribution is 5.95. The molecule has 5 aromatic carbocycles. The molecule has 0 aliphatic carbocycles. The molecular formula is C58H69NO12. The number of unbranched alkanes of at least 4 members (excludes halogenated alkanes) is 18. The average Bonchev–Trinajstić information content (AvgIpc) is 3.38. The maximum atomic E-state index is 13.1. The molecule has 0 N–H and O–H groups in total. The minimum atomic E-state index is -0.947. The third-order valence-electron chi connectivity index (χ3n) is 11.9. The second-order valence-corrected chi connectivity index (χ2v) is 17.6. The molecule has 13 heteroatoms. The molecule has 71 heavy (non-hydrogen) atoms. The Morgan fingerprint density at radius 1 is 0.366 bits per heavy atom. The van der Waals surface area contributed by atoms with Crippen LogP contribution in [0.2, 0.25) is 0 Å². The van der Waals surface area contributed by atoms with Crippen LogP contribution in [0.5, 0.6) is 34.5 Å². The first kappa shape index (κ1) is 54.9. The quantitative estimate of drug-likeness (QED) is 0.0128. The first-order chi connectivity index (χ1) is 34.6. The van der Waals surface area contributed by atoms with Gasteiger partial charge in [0.2, 0.25) is 11.5 Å². The van der Waals surface area contributed by atoms with Crippen LogP contribution in [0.4, 0.5) is 5.69 Å². The van der Waals surface area contributed by atoms with Crippen LogP contribution in [0, 0.1) is 10.1 Å². The van der Waals surface area contributed by atoms with Crippen molar-refractivity contribution in [2.45, 2.75) is 142 Å². The van der Waals surface area contributed by atoms with Crippen molar-refractivity contribution in [3.05, 3.63) is 148 Å². The monoisotopic (exact) mass is 971 g/mol. The molecule has 0 unspecified atom stereocenters. The van der Waals surface area contributed by atoms with Gasteiger partial charge in [-0.05, 0) is 122 Å². The fourth-order valence-corrected chi connectivity index (χ4v) is 7.75. The molecule has 0 fully saturated rings. The number of carbonyl (C=O) groups is 4. The molecule has 0 heterocycles. The molecule has 0 saturated carbocycles. The van der Waals surface area contributed by atoms with Gasteiger partial charge in [-0.25, -0.2) is 19.2 Å². The van der Waals surface area contributed by atoms with E-state index < -0.39 is 46.0 Å². The summed E-state index contributed by atoms with van der Waals surface area (Å²) in [5.74, 6) is -2.41. The number of nitro groups is 1. The van der Waals surface area contributed by atoms with Gasteiger partial charge >= 0.3 is 29.6 Å². The molecule has 0 spiro atoms. The summed E-state index contributed by atoms with van der Waals surface area (Å²) in [6.07, 6.45) is 24.8. The normalized spacial score (nSPS) is 10.8. The first-order valence-corrected chi connectivity index (χ1v) is 25.5. The Morgan fingerprint density at radius 2 is 0.634 bits per heavy atom. The van der Waals surface area contributed by atoms with Crippen LogP contribution in [0.1, 0.15) is 184 Å². The minimum Gasteiger partial charge on any atom is -0.494 e. The van der Waals surface area contributed by atoms with Crippen molar-refractivity contribution in [1.29, 1.82) is 0 Å². The van der Waals surface area contributed by atoms with Gasteiger partial charge in [-0.15, -0.1) is 0 Å². The summed E-state index contributed by atoms with van der Waals surface area (Å²) in [6.45, 7) is 5.67. The van der Waals surface area contributed by atoms with Crippen LogP contribution < -0.4 is 28.4 Å². The van der Waals surface area contributed by atoms with Gasteiger partial charge in [0.05, 0.1) is 40.4 Å². The summed E-state index contributed by atoms with van der Waals surface area (Å²) >= 11 is 0. The highest BCUT2D eigenvalue weighted by atomic mass is 16.6. The largest absolute Gasteiger partial charge is 0.494 e. The molecule has 0 saturated heterocycles. The lowest BCUT2D eigenvalue weighted by Gasteiger charge is -2.10. The van der Waals surface area contributed by atoms with E-state index in [1.165, 1.54) is 169 Å². The number of rotatable bonds is 33. The number of carbonyl (C=O) groups excluding carboxylic acids is 4. The maximum absolute atomic E-state index is 13.1. The third kappa shape index (κ3) is 19.7. The lowest BCUT2D eigenvalue weighted by Crippen LogP contribution is -2.13. The van der Waals surface area contributed by atoms with Crippen LogP contribution in [0.25, 0.3) is 0 Å². The average molecular weight is 972 g/mol. The summed E-state index contributed by atoms with van der Waals surface area (Å²) in [5.41, 5.74) is -0.124. The molecule has 0 amide bonds. The van der Waals surface area contributed by atoms with Gasteiger partial charge in [0.25, 0.3) is 0 Å². The van der Waals surface area contributed by atoms with E-state index in [1.807, 2.05) is 0 Å². The standard InChI is InChI=1S/C58H69NO12/c1-3-5-7-9-11-13-15-17-19-21-42-66-48-34-26-44(27-35-48)55(60)68-50-38-30-46(31-39-50)57(62)70-52-24-23-25-53(54(52)59(64)65)71-58(63)47-32-40-51(41-33-47)69-56(61)45-28-36-49(37-29-45)67-43-22-20-18-16-14-12-10-8-6-4-2/h23-41H,3-22,42-43H2,1-2H3. The highest BCUT2D eigenvalue weighted by Crippen LogP contribution is 2.38. The molecular weight excluding hydrogens is 903 g/mol. The predicted molar refractivity (Wildman–Crippen MR) is 273 cm³/mol. The molecule has 0 radical (unpaired) electrons. The number of hydrogen-bond donors (Lipinski definition) is 0. The fourth-order valence-electron chi connectivity index (χ4n) is 7.75. The van der Waals surface area contributed by atoms with Gasteiger partial charge in [-0.1, -0.05) is 135 Å². The predicted octanol–water partition coefficient (Wildman–Crippen LogP) is 15.1. The van der Waals surface area contributed by atoms with E-state index in [2.05, 4.69) is 13.8 Å². The van der Waals surface area contributed by atoms with Crippen molar-refractivity contribution in [2.75, 3.05) is 13.2 Å². The van der Waals surface area contributed by atoms with Crippen molar-refractivity contribution < 1.29 is 52.5 Å². The Bertz CT molecular complexity index is 2240. The lowest BCUT2D eigenvalue weighted by molar-refractivity contribution is -0.386. The smallest absolute Gasteiger partial charge is 0.353 e. The molecule has 0 aliphatic heterocycles. The van der Waals surface area contributed by atoms with E-state index in [-0.39, 0.29) is 22.6 Å². The van der Waals surface area contributed by atoms with Crippen LogP contribution in [-0.4, -0.2) is 42.0 Å². The highest BCUT2D eigenvalue weighted by Gasteiger charge is 2.27. The Morgan fingerprint density at radius 3 is 0.930 bits per heavy atom. The van der Waals surface area contributed by atoms with Crippen LogP contribution >= 0.6 is 0 Å². The van der Waals surface area contributed by atoms with Crippen molar-refractivity contribution >= 4 is 29.6 Å². The third-order valence-corrected chi connectivity index (χ3v) is 11.9. The Balaban J connectivity index is 1.03. The van der Waals surface area contributed by atoms with Crippen LogP contribution in [0.3, 0.4) is 0 Å². The molecule has 5 aromatic rings. The summed E-state index contributed by atoms with van der Waals surface area (Å²) in [4.78, 5) is 63.4. The van der Waals surface area contributed by atoms with Crippen LogP contribution in [0.15, 0.2) is 115 Å². The second-order valence-electron chi connectivity index (χ2n) is 17.6. The zero-order valence-corrected chi connectivity index (χ0v) is 41.4. The van der Waals surface area contributed by atoms with E-state index >= 15 is 0 Å². The van der Waals surface area contributed by atoms with Gasteiger partial charge < -0.3 is 28.4 Å². The number of benzene rings is 5. The number of esters is 4. The molecule has 0 atom stereocenters. The molecule has 13 nitrogen and oxygen atoms in total. The molecule has 0 aromatic heterocycles. The van der Waals surface area contributed by atoms with Gasteiger partial charge in [-0.2, -0.15) is 0 Å². The van der Waals surface area contributed by atoms with Crippen LogP contribution in [-0.2, 0) is 0 Å². The number of nitro benzene ring substituents is 1. The fraction of sp³-hybridized carbons (Fsp3) is 0.414. The number of hydrogen-bond acceptors (Lipinski definition) is 12. The zero-order valence-electron chi connectivity index (χ0n) is 41.4. The lowest BCUT2D eigenvalue weighted by atomic mass is 10.1. The van der Waals surface area contributed by atoms with E-state index in [1.54, 1.807) is 48.5 Å². The van der Waals surface area contributed by atoms with Crippen molar-refractivity contribution in [3.8, 4) is 34.5 Å². The molecule has 5 rings (SSSR count). The number of para-hydroxylation sites is 1. The minimum absolute atomic E-state index is 0.00652. The van der Waals surface area contributed by atoms with Gasteiger partial charge in [-0.3, -0.25) is 10.1 Å². The summed E-state index contributed by atoms with van der Waals surface area (Å²) < 4.78 is 33.4. The van der Waals surface area contributed by atoms with E-state index in [0.29, 0.717) is 35.8 Å². The summed E-state index contributed by atoms with van der Waals surface area (Å²) in [6, 6.07) is 28.0. The SMILES string of the molecule is CCCCCCCCCCCCOc1ccc(C(=O)Oc2ccc(C(=O)Oc3cccc(OC(=O)c4ccc(OC(=O)c5ccc(OCCCCCCCCCCCC)cc5)cc4)c3[N+](=O)[O-])cc2)cc1. The van der Waals surface area contributed by atoms with Gasteiger partial charge in [0, 0.05) is 0 Å². The van der Waals surface area contributed by atoms with E-state index in [4.69, 9.17) is 28.4 Å². The topological polar surface area (TPSA) is 167 Å². The molecule has 0 aliphatic rings. The molecule has 378 valence electrons. The van der Waals surface area contributed by atoms with Crippen molar-refractivity contribution in [3.63, 3.8) is 0 Å². The van der Waals surface area contributed by atoms with Crippen molar-refractivity contribution in [1.82, 2.24) is 0 Å². The van der Waals surface area contributed by atoms with E-state index in [0.717, 1.165) is 25.7 Å². The maximum Gasteiger partial charge on any atom is 0.353 e. The second kappa shape index (κ2) is 31.3. The molecule has 0 bridgehead atoms. The summed E-state index contributed by atoms with van der Waals surface area (Å²) in [5, 5.41) is 12.2. The van der Waals surface area contributed by atoms with Crippen molar-refractivity contribution in [2.24, 2.45) is 0 Å². The summed E-state index contributed by atoms with van der Waals surface area (Å²) in [7, 11) is 0. The Labute approximate surface area is 418 Å². The van der Waals surface area contributed by atoms with E-state index in [9.17, 15) is 29.3 Å². The Kier molecular flexibility index (Phi) is 24.2. The zero-order chi connectivity index (χ0) is 50.5. The Hall–Kier alpha value is -7.02.